The lowest BCUT2D eigenvalue weighted by molar-refractivity contribution is 0.306. The van der Waals surface area contributed by atoms with E-state index in [1.54, 1.807) is 0 Å². The minimum Gasteiger partial charge on any atom is -0.489 e. The molecule has 21 heavy (non-hydrogen) atoms. The van der Waals surface area contributed by atoms with Crippen LogP contribution in [-0.4, -0.2) is 6.54 Å². The van der Waals surface area contributed by atoms with Gasteiger partial charge in [-0.3, -0.25) is 0 Å². The van der Waals surface area contributed by atoms with Crippen molar-refractivity contribution in [2.45, 2.75) is 26.5 Å². The zero-order valence-corrected chi connectivity index (χ0v) is 12.3. The van der Waals surface area contributed by atoms with Crippen molar-refractivity contribution in [3.05, 3.63) is 65.2 Å². The Labute approximate surface area is 126 Å². The number of hydrogen-bond donors (Lipinski definition) is 1. The summed E-state index contributed by atoms with van der Waals surface area (Å²) < 4.78 is 5.80. The van der Waals surface area contributed by atoms with Crippen LogP contribution in [-0.2, 0) is 13.2 Å². The standard InChI is InChI=1S/C18H20N2O/c1-2-10-20-13-17-4-3-5-18(11-17)21-14-16-8-6-15(12-19)7-9-16/h3-9,11,20H,2,10,13-14H2,1H3. The van der Waals surface area contributed by atoms with Crippen molar-refractivity contribution in [2.75, 3.05) is 6.54 Å². The zero-order chi connectivity index (χ0) is 14.9. The summed E-state index contributed by atoms with van der Waals surface area (Å²) in [5, 5.41) is 12.1. The van der Waals surface area contributed by atoms with Gasteiger partial charge in [0.05, 0.1) is 11.6 Å². The average Bonchev–Trinajstić information content (AvgIpc) is 2.54. The van der Waals surface area contributed by atoms with Gasteiger partial charge in [-0.15, -0.1) is 0 Å². The van der Waals surface area contributed by atoms with E-state index in [0.717, 1.165) is 30.8 Å². The lowest BCUT2D eigenvalue weighted by Crippen LogP contribution is -2.13. The number of hydrogen-bond acceptors (Lipinski definition) is 3. The molecule has 0 unspecified atom stereocenters. The van der Waals surface area contributed by atoms with E-state index in [9.17, 15) is 0 Å². The summed E-state index contributed by atoms with van der Waals surface area (Å²) >= 11 is 0. The summed E-state index contributed by atoms with van der Waals surface area (Å²) in [6.07, 6.45) is 1.13. The lowest BCUT2D eigenvalue weighted by atomic mass is 10.1. The molecule has 3 heteroatoms. The third-order valence-corrected chi connectivity index (χ3v) is 3.14. The number of benzene rings is 2. The molecule has 0 fully saturated rings. The van der Waals surface area contributed by atoms with Crippen LogP contribution in [0.1, 0.15) is 30.0 Å². The molecule has 0 radical (unpaired) electrons. The Kier molecular flexibility index (Phi) is 5.81. The summed E-state index contributed by atoms with van der Waals surface area (Å²) in [5.41, 5.74) is 2.95. The van der Waals surface area contributed by atoms with E-state index < -0.39 is 0 Å². The van der Waals surface area contributed by atoms with Gasteiger partial charge in [0.25, 0.3) is 0 Å². The number of nitriles is 1. The van der Waals surface area contributed by atoms with Gasteiger partial charge < -0.3 is 10.1 Å². The summed E-state index contributed by atoms with van der Waals surface area (Å²) in [5.74, 6) is 0.871. The highest BCUT2D eigenvalue weighted by Gasteiger charge is 1.99. The molecule has 0 aliphatic carbocycles. The first kappa shape index (κ1) is 15.1. The van der Waals surface area contributed by atoms with E-state index in [-0.39, 0.29) is 0 Å². The Bertz CT molecular complexity index is 599. The molecule has 0 amide bonds. The van der Waals surface area contributed by atoms with Crippen LogP contribution in [0.2, 0.25) is 0 Å². The van der Waals surface area contributed by atoms with Crippen LogP contribution in [0.3, 0.4) is 0 Å². The van der Waals surface area contributed by atoms with E-state index >= 15 is 0 Å². The third kappa shape index (κ3) is 4.94. The Morgan fingerprint density at radius 2 is 1.90 bits per heavy atom. The second-order valence-electron chi connectivity index (χ2n) is 4.92. The lowest BCUT2D eigenvalue weighted by Gasteiger charge is -2.09. The summed E-state index contributed by atoms with van der Waals surface area (Å²) in [6, 6.07) is 17.7. The molecule has 0 atom stereocenters. The minimum atomic E-state index is 0.511. The van der Waals surface area contributed by atoms with Gasteiger partial charge in [0.1, 0.15) is 12.4 Å². The summed E-state index contributed by atoms with van der Waals surface area (Å²) in [7, 11) is 0. The molecule has 0 aliphatic heterocycles. The summed E-state index contributed by atoms with van der Waals surface area (Å²) in [4.78, 5) is 0. The second-order valence-corrected chi connectivity index (χ2v) is 4.92. The van der Waals surface area contributed by atoms with Gasteiger partial charge in [-0.1, -0.05) is 31.2 Å². The number of nitrogens with one attached hydrogen (secondary N) is 1. The molecule has 0 spiro atoms. The quantitative estimate of drug-likeness (QED) is 0.788. The SMILES string of the molecule is CCCNCc1cccc(OCc2ccc(C#N)cc2)c1. The Morgan fingerprint density at radius 1 is 1.10 bits per heavy atom. The molecule has 2 aromatic rings. The zero-order valence-electron chi connectivity index (χ0n) is 12.3. The van der Waals surface area contributed by atoms with Gasteiger partial charge in [0, 0.05) is 6.54 Å². The smallest absolute Gasteiger partial charge is 0.120 e. The summed E-state index contributed by atoms with van der Waals surface area (Å²) in [6.45, 7) is 4.56. The maximum Gasteiger partial charge on any atom is 0.120 e. The molecule has 3 nitrogen and oxygen atoms in total. The van der Waals surface area contributed by atoms with E-state index in [4.69, 9.17) is 10.00 Å². The van der Waals surface area contributed by atoms with Gasteiger partial charge in [-0.05, 0) is 48.4 Å². The molecule has 0 aliphatic rings. The highest BCUT2D eigenvalue weighted by Crippen LogP contribution is 2.15. The first-order valence-electron chi connectivity index (χ1n) is 7.23. The van der Waals surface area contributed by atoms with Crippen LogP contribution >= 0.6 is 0 Å². The molecule has 0 saturated heterocycles. The highest BCUT2D eigenvalue weighted by molar-refractivity contribution is 5.32. The van der Waals surface area contributed by atoms with Gasteiger partial charge in [0.15, 0.2) is 0 Å². The number of nitrogens with zero attached hydrogens (tertiary/aromatic N) is 1. The molecular formula is C18H20N2O. The molecule has 1 N–H and O–H groups in total. The molecule has 108 valence electrons. The predicted molar refractivity (Wildman–Crippen MR) is 83.9 cm³/mol. The molecule has 2 rings (SSSR count). The van der Waals surface area contributed by atoms with Gasteiger partial charge in [-0.25, -0.2) is 0 Å². The fourth-order valence-electron chi connectivity index (χ4n) is 2.00. The van der Waals surface area contributed by atoms with Crippen LogP contribution < -0.4 is 10.1 Å². The maximum absolute atomic E-state index is 8.77. The molecular weight excluding hydrogens is 260 g/mol. The maximum atomic E-state index is 8.77. The Morgan fingerprint density at radius 3 is 2.62 bits per heavy atom. The monoisotopic (exact) mass is 280 g/mol. The van der Waals surface area contributed by atoms with Crippen LogP contribution in [0.4, 0.5) is 0 Å². The molecule has 0 heterocycles. The Hall–Kier alpha value is -2.31. The molecule has 2 aromatic carbocycles. The van der Waals surface area contributed by atoms with E-state index in [0.29, 0.717) is 12.2 Å². The number of ether oxygens (including phenoxy) is 1. The predicted octanol–water partition coefficient (Wildman–Crippen LogP) is 3.64. The van der Waals surface area contributed by atoms with Crippen molar-refractivity contribution in [3.8, 4) is 11.8 Å². The minimum absolute atomic E-state index is 0.511. The van der Waals surface area contributed by atoms with Gasteiger partial charge in [0.2, 0.25) is 0 Å². The van der Waals surface area contributed by atoms with Crippen molar-refractivity contribution in [1.29, 1.82) is 5.26 Å². The second kappa shape index (κ2) is 8.08. The van der Waals surface area contributed by atoms with Crippen LogP contribution in [0, 0.1) is 11.3 Å². The van der Waals surface area contributed by atoms with Crippen LogP contribution in [0.25, 0.3) is 0 Å². The van der Waals surface area contributed by atoms with Crippen molar-refractivity contribution in [2.24, 2.45) is 0 Å². The van der Waals surface area contributed by atoms with Crippen LogP contribution in [0.15, 0.2) is 48.5 Å². The first-order valence-corrected chi connectivity index (χ1v) is 7.23. The molecule has 0 saturated carbocycles. The number of rotatable bonds is 7. The van der Waals surface area contributed by atoms with Gasteiger partial charge in [-0.2, -0.15) is 5.26 Å². The fraction of sp³-hybridized carbons (Fsp3) is 0.278. The first-order chi connectivity index (χ1) is 10.3. The van der Waals surface area contributed by atoms with Crippen molar-refractivity contribution in [1.82, 2.24) is 5.32 Å². The largest absolute Gasteiger partial charge is 0.489 e. The van der Waals surface area contributed by atoms with E-state index in [1.165, 1.54) is 5.56 Å². The molecule has 0 bridgehead atoms. The van der Waals surface area contributed by atoms with Crippen molar-refractivity contribution in [3.63, 3.8) is 0 Å². The topological polar surface area (TPSA) is 45.0 Å². The average molecular weight is 280 g/mol. The molecule has 0 aromatic heterocycles. The highest BCUT2D eigenvalue weighted by atomic mass is 16.5. The van der Waals surface area contributed by atoms with Crippen molar-refractivity contribution >= 4 is 0 Å². The van der Waals surface area contributed by atoms with Crippen molar-refractivity contribution < 1.29 is 4.74 Å². The van der Waals surface area contributed by atoms with Gasteiger partial charge >= 0.3 is 0 Å². The van der Waals surface area contributed by atoms with Crippen LogP contribution in [0.5, 0.6) is 5.75 Å². The van der Waals surface area contributed by atoms with E-state index in [1.807, 2.05) is 36.4 Å². The Balaban J connectivity index is 1.90. The normalized spacial score (nSPS) is 10.1. The van der Waals surface area contributed by atoms with E-state index in [2.05, 4.69) is 30.4 Å². The fourth-order valence-corrected chi connectivity index (χ4v) is 2.00. The third-order valence-electron chi connectivity index (χ3n) is 3.14.